The van der Waals surface area contributed by atoms with Crippen molar-refractivity contribution < 1.29 is 9.90 Å². The number of carbonyl (C=O) groups is 1. The number of amides is 1. The third kappa shape index (κ3) is 2.13. The number of nitrogens with zero attached hydrogens (tertiary/aromatic N) is 1. The zero-order chi connectivity index (χ0) is 12.0. The summed E-state index contributed by atoms with van der Waals surface area (Å²) in [7, 11) is 0. The molecule has 92 valence electrons. The van der Waals surface area contributed by atoms with Crippen LogP contribution < -0.4 is 0 Å². The molecule has 2 unspecified atom stereocenters. The molecule has 0 aliphatic carbocycles. The van der Waals surface area contributed by atoms with Gasteiger partial charge in [0.05, 0.1) is 14.6 Å². The molecule has 0 spiro atoms. The largest absolute Gasteiger partial charge is 0.393 e. The Morgan fingerprint density at radius 1 is 1.41 bits per heavy atom. The first-order valence-electron chi connectivity index (χ1n) is 5.90. The maximum Gasteiger partial charge on any atom is 0.255 e. The fourth-order valence-electron chi connectivity index (χ4n) is 3.05. The molecule has 1 aromatic heterocycles. The second kappa shape index (κ2) is 4.51. The number of hydrogen-bond acceptors (Lipinski definition) is 3. The number of fused-ring (bicyclic) bond motifs is 2. The van der Waals surface area contributed by atoms with Gasteiger partial charge in [0.25, 0.3) is 5.91 Å². The standard InChI is InChI=1S/C12H14INO2S/c13-11-3-7(6-17-11)12(16)14-8-1-2-9(14)5-10(15)4-8/h3,6,8-10,15H,1-2,4-5H2. The van der Waals surface area contributed by atoms with Crippen LogP contribution in [-0.2, 0) is 0 Å². The van der Waals surface area contributed by atoms with Crippen molar-refractivity contribution in [3.63, 3.8) is 0 Å². The highest BCUT2D eigenvalue weighted by Gasteiger charge is 2.42. The first kappa shape index (κ1) is 11.9. The van der Waals surface area contributed by atoms with Crippen LogP contribution in [0.3, 0.4) is 0 Å². The van der Waals surface area contributed by atoms with Crippen LogP contribution >= 0.6 is 33.9 Å². The molecule has 0 saturated carbocycles. The summed E-state index contributed by atoms with van der Waals surface area (Å²) in [5, 5.41) is 11.7. The number of piperidine rings is 1. The second-order valence-electron chi connectivity index (χ2n) is 4.86. The molecule has 3 rings (SSSR count). The van der Waals surface area contributed by atoms with E-state index >= 15 is 0 Å². The molecule has 2 bridgehead atoms. The van der Waals surface area contributed by atoms with Crippen molar-refractivity contribution in [3.05, 3.63) is 19.9 Å². The highest BCUT2D eigenvalue weighted by atomic mass is 127. The molecule has 1 amide bonds. The quantitative estimate of drug-likeness (QED) is 0.779. The molecular weight excluding hydrogens is 349 g/mol. The van der Waals surface area contributed by atoms with Gasteiger partial charge in [0.1, 0.15) is 0 Å². The van der Waals surface area contributed by atoms with Crippen molar-refractivity contribution in [2.45, 2.75) is 43.9 Å². The Labute approximate surface area is 118 Å². The summed E-state index contributed by atoms with van der Waals surface area (Å²) in [4.78, 5) is 14.4. The fraction of sp³-hybridized carbons (Fsp3) is 0.583. The Kier molecular flexibility index (Phi) is 3.16. The summed E-state index contributed by atoms with van der Waals surface area (Å²) in [5.41, 5.74) is 0.813. The fourth-order valence-corrected chi connectivity index (χ4v) is 4.37. The van der Waals surface area contributed by atoms with Crippen LogP contribution in [0.5, 0.6) is 0 Å². The van der Waals surface area contributed by atoms with Gasteiger partial charge in [-0.05, 0) is 54.3 Å². The van der Waals surface area contributed by atoms with Crippen LogP contribution in [0.2, 0.25) is 0 Å². The lowest BCUT2D eigenvalue weighted by atomic mass is 9.99. The number of halogens is 1. The first-order chi connectivity index (χ1) is 8.15. The Balaban J connectivity index is 1.83. The Morgan fingerprint density at radius 2 is 2.06 bits per heavy atom. The van der Waals surface area contributed by atoms with E-state index in [4.69, 9.17) is 0 Å². The molecule has 5 heteroatoms. The molecule has 2 fully saturated rings. The molecule has 0 radical (unpaired) electrons. The van der Waals surface area contributed by atoms with Gasteiger partial charge >= 0.3 is 0 Å². The summed E-state index contributed by atoms with van der Waals surface area (Å²) >= 11 is 3.85. The first-order valence-corrected chi connectivity index (χ1v) is 7.86. The number of hydrogen-bond donors (Lipinski definition) is 1. The van der Waals surface area contributed by atoms with Gasteiger partial charge in [-0.2, -0.15) is 0 Å². The maximum absolute atomic E-state index is 12.4. The van der Waals surface area contributed by atoms with Crippen LogP contribution in [0.15, 0.2) is 11.4 Å². The van der Waals surface area contributed by atoms with E-state index in [0.717, 1.165) is 34.1 Å². The van der Waals surface area contributed by atoms with Gasteiger partial charge < -0.3 is 10.0 Å². The minimum Gasteiger partial charge on any atom is -0.393 e. The van der Waals surface area contributed by atoms with Gasteiger partial charge in [0.15, 0.2) is 0 Å². The van der Waals surface area contributed by atoms with Crippen molar-refractivity contribution in [2.24, 2.45) is 0 Å². The molecule has 0 aromatic carbocycles. The van der Waals surface area contributed by atoms with E-state index in [1.165, 1.54) is 0 Å². The summed E-state index contributed by atoms with van der Waals surface area (Å²) < 4.78 is 1.15. The third-order valence-electron chi connectivity index (χ3n) is 3.76. The number of aliphatic hydroxyl groups excluding tert-OH is 1. The van der Waals surface area contributed by atoms with Crippen LogP contribution in [0.25, 0.3) is 0 Å². The van der Waals surface area contributed by atoms with E-state index in [1.54, 1.807) is 11.3 Å². The number of aliphatic hydroxyl groups is 1. The minimum atomic E-state index is -0.209. The monoisotopic (exact) mass is 363 g/mol. The van der Waals surface area contributed by atoms with Crippen molar-refractivity contribution in [2.75, 3.05) is 0 Å². The lowest BCUT2D eigenvalue weighted by molar-refractivity contribution is 0.0287. The molecular formula is C12H14INO2S. The lowest BCUT2D eigenvalue weighted by Crippen LogP contribution is -2.47. The van der Waals surface area contributed by atoms with E-state index < -0.39 is 0 Å². The molecule has 3 heterocycles. The van der Waals surface area contributed by atoms with E-state index in [9.17, 15) is 9.90 Å². The molecule has 2 atom stereocenters. The molecule has 2 aliphatic rings. The van der Waals surface area contributed by atoms with Crippen LogP contribution in [0, 0.1) is 2.88 Å². The van der Waals surface area contributed by atoms with Gasteiger partial charge in [0, 0.05) is 17.5 Å². The number of rotatable bonds is 1. The van der Waals surface area contributed by atoms with E-state index in [2.05, 4.69) is 22.6 Å². The predicted molar refractivity (Wildman–Crippen MR) is 75.3 cm³/mol. The predicted octanol–water partition coefficient (Wildman–Crippen LogP) is 2.48. The molecule has 2 aliphatic heterocycles. The lowest BCUT2D eigenvalue weighted by Gasteiger charge is -2.37. The van der Waals surface area contributed by atoms with Crippen molar-refractivity contribution in [1.29, 1.82) is 0 Å². The zero-order valence-electron chi connectivity index (χ0n) is 9.30. The third-order valence-corrected chi connectivity index (χ3v) is 5.55. The summed E-state index contributed by atoms with van der Waals surface area (Å²) in [6.07, 6.45) is 3.40. The molecule has 1 N–H and O–H groups in total. The maximum atomic E-state index is 12.4. The summed E-state index contributed by atoms with van der Waals surface area (Å²) in [6, 6.07) is 2.47. The highest BCUT2D eigenvalue weighted by Crippen LogP contribution is 2.37. The zero-order valence-corrected chi connectivity index (χ0v) is 12.3. The molecule has 2 saturated heterocycles. The van der Waals surface area contributed by atoms with E-state index in [0.29, 0.717) is 0 Å². The van der Waals surface area contributed by atoms with Gasteiger partial charge in [-0.1, -0.05) is 0 Å². The van der Waals surface area contributed by atoms with Crippen LogP contribution in [-0.4, -0.2) is 34.1 Å². The van der Waals surface area contributed by atoms with Crippen molar-refractivity contribution in [3.8, 4) is 0 Å². The van der Waals surface area contributed by atoms with Gasteiger partial charge in [-0.3, -0.25) is 4.79 Å². The normalized spacial score (nSPS) is 31.9. The Bertz CT molecular complexity index is 433. The number of thiophene rings is 1. The Hall–Kier alpha value is -0.140. The smallest absolute Gasteiger partial charge is 0.255 e. The van der Waals surface area contributed by atoms with Crippen molar-refractivity contribution in [1.82, 2.24) is 4.90 Å². The minimum absolute atomic E-state index is 0.156. The molecule has 17 heavy (non-hydrogen) atoms. The second-order valence-corrected chi connectivity index (χ2v) is 7.67. The van der Waals surface area contributed by atoms with E-state index in [-0.39, 0.29) is 24.1 Å². The van der Waals surface area contributed by atoms with Crippen molar-refractivity contribution >= 4 is 39.8 Å². The van der Waals surface area contributed by atoms with Gasteiger partial charge in [0.2, 0.25) is 0 Å². The van der Waals surface area contributed by atoms with Gasteiger partial charge in [-0.15, -0.1) is 11.3 Å². The summed E-state index contributed by atoms with van der Waals surface area (Å²) in [6.45, 7) is 0. The van der Waals surface area contributed by atoms with Crippen LogP contribution in [0.1, 0.15) is 36.0 Å². The highest BCUT2D eigenvalue weighted by molar-refractivity contribution is 14.1. The van der Waals surface area contributed by atoms with Crippen LogP contribution in [0.4, 0.5) is 0 Å². The van der Waals surface area contributed by atoms with E-state index in [1.807, 2.05) is 16.3 Å². The summed E-state index contributed by atoms with van der Waals surface area (Å²) in [5.74, 6) is 0.156. The van der Waals surface area contributed by atoms with Gasteiger partial charge in [-0.25, -0.2) is 0 Å². The molecule has 1 aromatic rings. The SMILES string of the molecule is O=C(c1csc(I)c1)N1C2CCC1CC(O)C2. The average Bonchev–Trinajstić information content (AvgIpc) is 2.81. The molecule has 3 nitrogen and oxygen atoms in total. The number of carbonyl (C=O) groups excluding carboxylic acids is 1. The average molecular weight is 363 g/mol. The Morgan fingerprint density at radius 3 is 2.59 bits per heavy atom. The topological polar surface area (TPSA) is 40.5 Å².